The van der Waals surface area contributed by atoms with E-state index in [1.807, 2.05) is 18.2 Å². The van der Waals surface area contributed by atoms with Crippen molar-refractivity contribution in [1.82, 2.24) is 9.88 Å². The number of aryl methyl sites for hydroxylation is 1. The molecule has 0 amide bonds. The number of carbonyl (C=O) groups excluding carboxylic acids is 1. The van der Waals surface area contributed by atoms with E-state index >= 15 is 0 Å². The van der Waals surface area contributed by atoms with Crippen LogP contribution in [0.5, 0.6) is 5.75 Å². The van der Waals surface area contributed by atoms with Crippen molar-refractivity contribution in [3.05, 3.63) is 107 Å². The molecule has 0 bridgehead atoms. The highest BCUT2D eigenvalue weighted by molar-refractivity contribution is 5.87. The van der Waals surface area contributed by atoms with E-state index in [9.17, 15) is 4.79 Å². The lowest BCUT2D eigenvalue weighted by Crippen LogP contribution is -2.29. The van der Waals surface area contributed by atoms with E-state index in [1.54, 1.807) is 0 Å². The number of nitrogens with one attached hydrogen (secondary N) is 1. The first-order chi connectivity index (χ1) is 18.6. The molecular formula is C32H34N2O4. The summed E-state index contributed by atoms with van der Waals surface area (Å²) in [4.78, 5) is 17.5. The lowest BCUT2D eigenvalue weighted by Gasteiger charge is -2.30. The molecule has 1 aliphatic rings. The van der Waals surface area contributed by atoms with Gasteiger partial charge in [-0.1, -0.05) is 48.5 Å². The first kappa shape index (κ1) is 25.8. The van der Waals surface area contributed by atoms with Gasteiger partial charge >= 0.3 is 5.97 Å². The fourth-order valence-electron chi connectivity index (χ4n) is 5.37. The van der Waals surface area contributed by atoms with Crippen LogP contribution in [0.3, 0.4) is 0 Å². The molecule has 0 saturated carbocycles. The number of aromatic amines is 1. The molecule has 0 radical (unpaired) electrons. The molecule has 4 aromatic rings. The molecule has 5 rings (SSSR count). The third kappa shape index (κ3) is 5.98. The molecule has 1 heterocycles. The van der Waals surface area contributed by atoms with Gasteiger partial charge in [-0.2, -0.15) is 0 Å². The highest BCUT2D eigenvalue weighted by Crippen LogP contribution is 2.37. The van der Waals surface area contributed by atoms with Gasteiger partial charge in [-0.25, -0.2) is 4.79 Å². The number of aliphatic hydroxyl groups is 1. The minimum Gasteiger partial charge on any atom is -0.491 e. The van der Waals surface area contributed by atoms with E-state index in [2.05, 4.69) is 70.7 Å². The molecule has 38 heavy (non-hydrogen) atoms. The standard InChI is InChI=1S/C32H34N2O4/c1-37-32(36)15-9-23-8-13-29-25(20-23)10-14-31(29)34(22-24-6-11-27(12-7-24)38-19-18-35)17-16-26-21-33-30-5-3-2-4-28(26)30/h2-9,11-13,15,20-21,31,33,35H,10,14,16-19,22H2,1H3/b15-9+. The average Bonchev–Trinajstić information content (AvgIpc) is 3.57. The molecule has 2 N–H and O–H groups in total. The number of nitrogens with zero attached hydrogens (tertiary/aromatic N) is 1. The van der Waals surface area contributed by atoms with E-state index in [-0.39, 0.29) is 12.6 Å². The molecule has 1 unspecified atom stereocenters. The molecule has 6 heteroatoms. The molecule has 3 aromatic carbocycles. The van der Waals surface area contributed by atoms with Gasteiger partial charge in [0.1, 0.15) is 12.4 Å². The zero-order valence-corrected chi connectivity index (χ0v) is 21.7. The zero-order chi connectivity index (χ0) is 26.3. The molecule has 0 spiro atoms. The van der Waals surface area contributed by atoms with Crippen LogP contribution in [0.1, 0.15) is 40.3 Å². The van der Waals surface area contributed by atoms with Gasteiger partial charge in [0.25, 0.3) is 0 Å². The van der Waals surface area contributed by atoms with E-state index in [0.29, 0.717) is 12.6 Å². The predicted octanol–water partition coefficient (Wildman–Crippen LogP) is 5.46. The number of fused-ring (bicyclic) bond motifs is 2. The second-order valence-corrected chi connectivity index (χ2v) is 9.67. The van der Waals surface area contributed by atoms with Crippen molar-refractivity contribution in [2.75, 3.05) is 26.9 Å². The van der Waals surface area contributed by atoms with Crippen LogP contribution in [-0.2, 0) is 28.9 Å². The number of hydrogen-bond donors (Lipinski definition) is 2. The minimum atomic E-state index is -0.348. The SMILES string of the molecule is COC(=O)/C=C/c1ccc2c(c1)CCC2N(CCc1c[nH]c2ccccc12)Cc1ccc(OCCO)cc1. The van der Waals surface area contributed by atoms with Gasteiger partial charge in [0, 0.05) is 42.3 Å². The van der Waals surface area contributed by atoms with Gasteiger partial charge in [0.05, 0.1) is 13.7 Å². The maximum atomic E-state index is 11.5. The Morgan fingerprint density at radius 1 is 1.13 bits per heavy atom. The molecule has 1 aromatic heterocycles. The number of aliphatic hydroxyl groups excluding tert-OH is 1. The number of rotatable bonds is 11. The predicted molar refractivity (Wildman–Crippen MR) is 150 cm³/mol. The van der Waals surface area contributed by atoms with Crippen molar-refractivity contribution in [2.24, 2.45) is 0 Å². The maximum absolute atomic E-state index is 11.5. The van der Waals surface area contributed by atoms with E-state index in [4.69, 9.17) is 14.6 Å². The largest absolute Gasteiger partial charge is 0.491 e. The molecule has 0 fully saturated rings. The van der Waals surface area contributed by atoms with Gasteiger partial charge < -0.3 is 19.6 Å². The van der Waals surface area contributed by atoms with Crippen molar-refractivity contribution in [3.63, 3.8) is 0 Å². The summed E-state index contributed by atoms with van der Waals surface area (Å²) in [6, 6.07) is 23.5. The maximum Gasteiger partial charge on any atom is 0.330 e. The van der Waals surface area contributed by atoms with Crippen molar-refractivity contribution >= 4 is 22.9 Å². The molecule has 1 aliphatic carbocycles. The van der Waals surface area contributed by atoms with Gasteiger partial charge in [-0.15, -0.1) is 0 Å². The van der Waals surface area contributed by atoms with Gasteiger partial charge in [0.15, 0.2) is 0 Å². The van der Waals surface area contributed by atoms with Crippen LogP contribution in [-0.4, -0.2) is 47.8 Å². The van der Waals surface area contributed by atoms with Crippen molar-refractivity contribution in [3.8, 4) is 5.75 Å². The average molecular weight is 511 g/mol. The molecular weight excluding hydrogens is 476 g/mol. The summed E-state index contributed by atoms with van der Waals surface area (Å²) in [7, 11) is 1.39. The second kappa shape index (κ2) is 12.1. The molecule has 196 valence electrons. The highest BCUT2D eigenvalue weighted by atomic mass is 16.5. The smallest absolute Gasteiger partial charge is 0.330 e. The van der Waals surface area contributed by atoms with Gasteiger partial charge in [0.2, 0.25) is 0 Å². The highest BCUT2D eigenvalue weighted by Gasteiger charge is 2.28. The van der Waals surface area contributed by atoms with Crippen LogP contribution in [0, 0.1) is 0 Å². The van der Waals surface area contributed by atoms with Crippen LogP contribution in [0.4, 0.5) is 0 Å². The Bertz CT molecular complexity index is 1410. The Balaban J connectivity index is 1.37. The summed E-state index contributed by atoms with van der Waals surface area (Å²) < 4.78 is 10.3. The number of hydrogen-bond acceptors (Lipinski definition) is 5. The molecule has 0 saturated heterocycles. The normalized spacial score (nSPS) is 14.9. The summed E-state index contributed by atoms with van der Waals surface area (Å²) in [5.74, 6) is 0.423. The van der Waals surface area contributed by atoms with Crippen LogP contribution in [0.2, 0.25) is 0 Å². The van der Waals surface area contributed by atoms with Crippen LogP contribution in [0.25, 0.3) is 17.0 Å². The van der Waals surface area contributed by atoms with Crippen LogP contribution < -0.4 is 4.74 Å². The number of H-pyrrole nitrogens is 1. The van der Waals surface area contributed by atoms with E-state index in [0.717, 1.165) is 43.7 Å². The van der Waals surface area contributed by atoms with Crippen molar-refractivity contribution < 1.29 is 19.4 Å². The second-order valence-electron chi connectivity index (χ2n) is 9.67. The van der Waals surface area contributed by atoms with Gasteiger partial charge in [-0.05, 0) is 71.4 Å². The van der Waals surface area contributed by atoms with E-state index < -0.39 is 0 Å². The van der Waals surface area contributed by atoms with Crippen LogP contribution >= 0.6 is 0 Å². The Kier molecular flexibility index (Phi) is 8.22. The molecule has 0 aliphatic heterocycles. The number of para-hydroxylation sites is 1. The third-order valence-corrected chi connectivity index (χ3v) is 7.28. The summed E-state index contributed by atoms with van der Waals surface area (Å²) >= 11 is 0. The summed E-state index contributed by atoms with van der Waals surface area (Å²) in [5, 5.41) is 10.3. The summed E-state index contributed by atoms with van der Waals surface area (Å²) in [6.07, 6.45) is 8.44. The Hall–Kier alpha value is -3.87. The fourth-order valence-corrected chi connectivity index (χ4v) is 5.37. The Labute approximate surface area is 223 Å². The first-order valence-electron chi connectivity index (χ1n) is 13.1. The van der Waals surface area contributed by atoms with Crippen molar-refractivity contribution in [2.45, 2.75) is 31.8 Å². The van der Waals surface area contributed by atoms with E-state index in [1.165, 1.54) is 46.3 Å². The molecule has 6 nitrogen and oxygen atoms in total. The number of methoxy groups -OCH3 is 1. The number of benzene rings is 3. The zero-order valence-electron chi connectivity index (χ0n) is 21.7. The monoisotopic (exact) mass is 510 g/mol. The Morgan fingerprint density at radius 3 is 2.79 bits per heavy atom. The Morgan fingerprint density at radius 2 is 1.97 bits per heavy atom. The van der Waals surface area contributed by atoms with Gasteiger partial charge in [-0.3, -0.25) is 4.90 Å². The van der Waals surface area contributed by atoms with Crippen molar-refractivity contribution in [1.29, 1.82) is 0 Å². The van der Waals surface area contributed by atoms with Crippen LogP contribution in [0.15, 0.2) is 79.0 Å². The summed E-state index contributed by atoms with van der Waals surface area (Å²) in [5.41, 5.74) is 7.45. The minimum absolute atomic E-state index is 0.00461. The lowest BCUT2D eigenvalue weighted by molar-refractivity contribution is -0.134. The third-order valence-electron chi connectivity index (χ3n) is 7.28. The number of carbonyl (C=O) groups is 1. The summed E-state index contributed by atoms with van der Waals surface area (Å²) in [6.45, 7) is 2.06. The number of esters is 1. The number of ether oxygens (including phenoxy) is 2. The lowest BCUT2D eigenvalue weighted by atomic mass is 10.0. The first-order valence-corrected chi connectivity index (χ1v) is 13.1. The quantitative estimate of drug-likeness (QED) is 0.207. The molecule has 1 atom stereocenters. The number of aromatic nitrogens is 1. The topological polar surface area (TPSA) is 74.8 Å². The fraction of sp³-hybridized carbons (Fsp3) is 0.281.